The molecule has 1 aliphatic heterocycles. The van der Waals surface area contributed by atoms with Crippen molar-refractivity contribution < 1.29 is 27.4 Å². The van der Waals surface area contributed by atoms with E-state index in [9.17, 15) is 18.0 Å². The van der Waals surface area contributed by atoms with Crippen molar-refractivity contribution in [1.29, 1.82) is 5.41 Å². The number of nitrogens with one attached hydrogen (secondary N) is 3. The fourth-order valence-electron chi connectivity index (χ4n) is 3.83. The van der Waals surface area contributed by atoms with Crippen molar-refractivity contribution in [3.63, 3.8) is 0 Å². The molecule has 35 heavy (non-hydrogen) atoms. The Bertz CT molecular complexity index is 1040. The van der Waals surface area contributed by atoms with E-state index < -0.39 is 17.8 Å². The second-order valence-electron chi connectivity index (χ2n) is 8.72. The molecule has 3 rings (SSSR count). The third-order valence-corrected chi connectivity index (χ3v) is 5.84. The van der Waals surface area contributed by atoms with Crippen LogP contribution in [0.5, 0.6) is 0 Å². The molecule has 1 saturated heterocycles. The number of ether oxygens (including phenoxy) is 2. The number of pyridine rings is 1. The molecular formula is C24H30F3N5O3. The molecule has 190 valence electrons. The lowest BCUT2D eigenvalue weighted by Crippen LogP contribution is -2.55. The highest BCUT2D eigenvalue weighted by atomic mass is 19.4. The number of allylic oxidation sites excluding steroid dienone is 4. The Labute approximate surface area is 202 Å². The number of halogens is 3. The van der Waals surface area contributed by atoms with Crippen molar-refractivity contribution in [3.05, 3.63) is 64.8 Å². The molecule has 8 nitrogen and oxygen atoms in total. The van der Waals surface area contributed by atoms with E-state index in [1.807, 2.05) is 13.8 Å². The van der Waals surface area contributed by atoms with Gasteiger partial charge in [0.25, 0.3) is 5.91 Å². The van der Waals surface area contributed by atoms with E-state index in [4.69, 9.17) is 14.9 Å². The quantitative estimate of drug-likeness (QED) is 0.482. The molecule has 0 radical (unpaired) electrons. The molecule has 2 heterocycles. The first kappa shape index (κ1) is 26.4. The van der Waals surface area contributed by atoms with Gasteiger partial charge in [0, 0.05) is 49.6 Å². The van der Waals surface area contributed by atoms with Crippen molar-refractivity contribution in [2.45, 2.75) is 32.2 Å². The van der Waals surface area contributed by atoms with Gasteiger partial charge in [-0.15, -0.1) is 0 Å². The number of likely N-dealkylation sites (N-methyl/N-ethyl adjacent to an activating group) is 1. The van der Waals surface area contributed by atoms with Gasteiger partial charge in [0.2, 0.25) is 0 Å². The summed E-state index contributed by atoms with van der Waals surface area (Å²) in [6.45, 7) is 6.92. The van der Waals surface area contributed by atoms with Crippen LogP contribution in [0.1, 0.15) is 25.1 Å². The Morgan fingerprint density at radius 1 is 1.26 bits per heavy atom. The van der Waals surface area contributed by atoms with Crippen LogP contribution in [-0.2, 0) is 27.1 Å². The van der Waals surface area contributed by atoms with Gasteiger partial charge < -0.3 is 25.5 Å². The molecule has 3 N–H and O–H groups in total. The maximum absolute atomic E-state index is 13.2. The molecule has 1 aromatic rings. The predicted octanol–water partition coefficient (Wildman–Crippen LogP) is 2.79. The van der Waals surface area contributed by atoms with Crippen LogP contribution in [0.25, 0.3) is 0 Å². The Hall–Kier alpha value is -3.18. The minimum absolute atomic E-state index is 0.0710. The predicted molar refractivity (Wildman–Crippen MR) is 125 cm³/mol. The van der Waals surface area contributed by atoms with Crippen LogP contribution in [0, 0.1) is 5.41 Å². The number of alkyl halides is 3. The fourth-order valence-corrected chi connectivity index (χ4v) is 3.83. The van der Waals surface area contributed by atoms with E-state index in [2.05, 4.69) is 20.5 Å². The molecule has 1 amide bonds. The molecule has 11 heteroatoms. The first-order valence-electron chi connectivity index (χ1n) is 11.2. The number of rotatable bonds is 8. The van der Waals surface area contributed by atoms with E-state index in [1.54, 1.807) is 7.05 Å². The van der Waals surface area contributed by atoms with Gasteiger partial charge in [0.1, 0.15) is 18.1 Å². The Morgan fingerprint density at radius 2 is 1.97 bits per heavy atom. The maximum atomic E-state index is 13.2. The van der Waals surface area contributed by atoms with Crippen LogP contribution in [0.4, 0.5) is 13.2 Å². The van der Waals surface area contributed by atoms with Gasteiger partial charge in [0.05, 0.1) is 18.9 Å². The molecule has 0 atom stereocenters. The van der Waals surface area contributed by atoms with Gasteiger partial charge in [-0.05, 0) is 38.1 Å². The van der Waals surface area contributed by atoms with Crippen LogP contribution in [0.3, 0.4) is 0 Å². The zero-order valence-corrected chi connectivity index (χ0v) is 20.0. The lowest BCUT2D eigenvalue weighted by molar-refractivity contribution is -0.142. The highest BCUT2D eigenvalue weighted by Crippen LogP contribution is 2.31. The normalized spacial score (nSPS) is 18.7. The number of morpholine rings is 1. The van der Waals surface area contributed by atoms with Crippen molar-refractivity contribution in [3.8, 4) is 0 Å². The lowest BCUT2D eigenvalue weighted by atomic mass is 10.00. The summed E-state index contributed by atoms with van der Waals surface area (Å²) in [6, 6.07) is 2.70. The third kappa shape index (κ3) is 6.70. The summed E-state index contributed by atoms with van der Waals surface area (Å²) in [7, 11) is 1.57. The zero-order chi connectivity index (χ0) is 25.6. The highest BCUT2D eigenvalue weighted by Gasteiger charge is 2.35. The average Bonchev–Trinajstić information content (AvgIpc) is 2.83. The summed E-state index contributed by atoms with van der Waals surface area (Å²) >= 11 is 0. The summed E-state index contributed by atoms with van der Waals surface area (Å²) in [5.41, 5.74) is -0.918. The van der Waals surface area contributed by atoms with Crippen molar-refractivity contribution in [1.82, 2.24) is 20.5 Å². The van der Waals surface area contributed by atoms with Crippen LogP contribution < -0.4 is 10.6 Å². The number of nitrogens with zero attached hydrogens (tertiary/aromatic N) is 2. The maximum Gasteiger partial charge on any atom is 0.433 e. The Morgan fingerprint density at radius 3 is 2.63 bits per heavy atom. The summed E-state index contributed by atoms with van der Waals surface area (Å²) < 4.78 is 50.6. The van der Waals surface area contributed by atoms with Crippen LogP contribution >= 0.6 is 0 Å². The second kappa shape index (κ2) is 11.0. The molecule has 0 unspecified atom stereocenters. The van der Waals surface area contributed by atoms with Gasteiger partial charge in [-0.25, -0.2) is 0 Å². The van der Waals surface area contributed by atoms with E-state index in [0.29, 0.717) is 19.8 Å². The second-order valence-corrected chi connectivity index (χ2v) is 8.72. The topological polar surface area (TPSA) is 99.6 Å². The first-order valence-corrected chi connectivity index (χ1v) is 11.2. The third-order valence-electron chi connectivity index (χ3n) is 5.84. The Balaban J connectivity index is 1.73. The molecule has 1 fully saturated rings. The van der Waals surface area contributed by atoms with Gasteiger partial charge in [-0.3, -0.25) is 14.7 Å². The lowest BCUT2D eigenvalue weighted by Gasteiger charge is -2.40. The first-order chi connectivity index (χ1) is 16.5. The van der Waals surface area contributed by atoms with E-state index in [1.165, 1.54) is 30.4 Å². The van der Waals surface area contributed by atoms with E-state index >= 15 is 0 Å². The summed E-state index contributed by atoms with van der Waals surface area (Å²) in [5.74, 6) is -0.173. The summed E-state index contributed by atoms with van der Waals surface area (Å²) in [6.07, 6.45) is 0.844. The van der Waals surface area contributed by atoms with Crippen molar-refractivity contribution in [2.75, 3.05) is 39.9 Å². The molecule has 1 aromatic heterocycles. The van der Waals surface area contributed by atoms with Crippen molar-refractivity contribution in [2.24, 2.45) is 0 Å². The van der Waals surface area contributed by atoms with Crippen LogP contribution in [0.15, 0.2) is 53.6 Å². The minimum Gasteiger partial charge on any atom is -0.489 e. The smallest absolute Gasteiger partial charge is 0.433 e. The molecule has 0 bridgehead atoms. The largest absolute Gasteiger partial charge is 0.489 e. The average molecular weight is 494 g/mol. The molecule has 1 aliphatic carbocycles. The van der Waals surface area contributed by atoms with Crippen molar-refractivity contribution >= 4 is 11.6 Å². The van der Waals surface area contributed by atoms with Gasteiger partial charge >= 0.3 is 6.18 Å². The molecule has 0 aromatic carbocycles. The number of carbonyl (C=O) groups excluding carboxylic acids is 1. The van der Waals surface area contributed by atoms with Crippen LogP contribution in [0.2, 0.25) is 0 Å². The molecule has 0 spiro atoms. The fraction of sp³-hybridized carbons (Fsp3) is 0.458. The minimum atomic E-state index is -4.60. The van der Waals surface area contributed by atoms with Gasteiger partial charge in [-0.2, -0.15) is 13.2 Å². The summed E-state index contributed by atoms with van der Waals surface area (Å²) in [5, 5.41) is 14.0. The van der Waals surface area contributed by atoms with Crippen LogP contribution in [-0.4, -0.2) is 66.9 Å². The zero-order valence-electron chi connectivity index (χ0n) is 20.0. The van der Waals surface area contributed by atoms with E-state index in [-0.39, 0.29) is 40.5 Å². The molecular weight excluding hydrogens is 463 g/mol. The number of hydrogen-bond donors (Lipinski definition) is 3. The molecule has 0 saturated carbocycles. The molecule has 2 aliphatic rings. The summed E-state index contributed by atoms with van der Waals surface area (Å²) in [4.78, 5) is 18.7. The monoisotopic (exact) mass is 493 g/mol. The standard InChI is InChI=1S/C24H30F3N5O3/c1-23(2,32-9-11-34-12-10-32)15-31-22(33)20(29-3)18-13-17(6-7-19(18)28)35-14-16-5-4-8-30-21(16)24(25,26)27/h4-8,13,28-29H,9-12,14-15H2,1-3H3,(H,31,33)/b20-18-,28-19?. The number of hydrogen-bond acceptors (Lipinski definition) is 7. The Kier molecular flexibility index (Phi) is 8.34. The SMILES string of the molecule is CN/C(C(=O)NCC(C)(C)N1CCOCC1)=C1/C=C(OCc2cccnc2C(F)(F)F)C=CC1=N. The number of carbonyl (C=O) groups is 1. The highest BCUT2D eigenvalue weighted by molar-refractivity contribution is 6.14. The number of amides is 1. The number of aromatic nitrogens is 1. The van der Waals surface area contributed by atoms with E-state index in [0.717, 1.165) is 19.3 Å². The van der Waals surface area contributed by atoms with Gasteiger partial charge in [-0.1, -0.05) is 6.07 Å². The van der Waals surface area contributed by atoms with Gasteiger partial charge in [0.15, 0.2) is 5.69 Å².